The number of hydrogen-bond donors (Lipinski definition) is 0. The maximum atomic E-state index is 4.44. The SMILES string of the molecule is CCC1=CC(CC)=NCN1SC. The first-order chi connectivity index (χ1) is 5.81. The number of hydrogen-bond acceptors (Lipinski definition) is 3. The molecule has 3 heteroatoms. The minimum atomic E-state index is 0.823. The van der Waals surface area contributed by atoms with E-state index < -0.39 is 0 Å². The zero-order chi connectivity index (χ0) is 8.97. The molecule has 0 amide bonds. The van der Waals surface area contributed by atoms with E-state index in [0.29, 0.717) is 0 Å². The number of rotatable bonds is 3. The van der Waals surface area contributed by atoms with Gasteiger partial charge >= 0.3 is 0 Å². The smallest absolute Gasteiger partial charge is 0.120 e. The van der Waals surface area contributed by atoms with Crippen LogP contribution in [-0.4, -0.2) is 22.9 Å². The van der Waals surface area contributed by atoms with Gasteiger partial charge in [-0.25, -0.2) is 0 Å². The molecule has 0 aromatic rings. The summed E-state index contributed by atoms with van der Waals surface area (Å²) >= 11 is 1.75. The van der Waals surface area contributed by atoms with Crippen LogP contribution in [0, 0.1) is 0 Å². The molecular weight excluding hydrogens is 168 g/mol. The van der Waals surface area contributed by atoms with Crippen molar-refractivity contribution in [3.8, 4) is 0 Å². The molecule has 0 N–H and O–H groups in total. The Kier molecular flexibility index (Phi) is 3.66. The van der Waals surface area contributed by atoms with Gasteiger partial charge in [-0.05, 0) is 18.9 Å². The third kappa shape index (κ3) is 2.03. The summed E-state index contributed by atoms with van der Waals surface area (Å²) in [5.74, 6) is 0. The molecule has 0 aromatic carbocycles. The molecule has 0 aliphatic carbocycles. The predicted molar refractivity (Wildman–Crippen MR) is 56.3 cm³/mol. The molecule has 0 bridgehead atoms. The predicted octanol–water partition coefficient (Wildman–Crippen LogP) is 2.68. The molecule has 0 spiro atoms. The number of nitrogens with zero attached hydrogens (tertiary/aromatic N) is 2. The Morgan fingerprint density at radius 2 is 2.25 bits per heavy atom. The van der Waals surface area contributed by atoms with Crippen LogP contribution in [0.15, 0.2) is 16.8 Å². The van der Waals surface area contributed by atoms with Crippen LogP contribution in [0.4, 0.5) is 0 Å². The van der Waals surface area contributed by atoms with Gasteiger partial charge in [-0.2, -0.15) is 0 Å². The van der Waals surface area contributed by atoms with Crippen LogP contribution in [0.3, 0.4) is 0 Å². The van der Waals surface area contributed by atoms with Gasteiger partial charge in [-0.3, -0.25) is 9.30 Å². The van der Waals surface area contributed by atoms with Crippen molar-refractivity contribution in [2.45, 2.75) is 26.7 Å². The Bertz CT molecular complexity index is 209. The molecule has 12 heavy (non-hydrogen) atoms. The Hall–Kier alpha value is -0.440. The van der Waals surface area contributed by atoms with Gasteiger partial charge in [0.15, 0.2) is 0 Å². The van der Waals surface area contributed by atoms with Crippen LogP contribution >= 0.6 is 11.9 Å². The second-order valence-electron chi connectivity index (χ2n) is 2.69. The number of aliphatic imine (C=N–C) groups is 1. The van der Waals surface area contributed by atoms with Crippen LogP contribution in [0.25, 0.3) is 0 Å². The Balaban J connectivity index is 2.71. The van der Waals surface area contributed by atoms with Crippen LogP contribution in [0.5, 0.6) is 0 Å². The van der Waals surface area contributed by atoms with Crippen molar-refractivity contribution in [3.05, 3.63) is 11.8 Å². The molecular formula is C9H16N2S. The van der Waals surface area contributed by atoms with Crippen LogP contribution in [0.2, 0.25) is 0 Å². The lowest BCUT2D eigenvalue weighted by atomic mass is 10.2. The first kappa shape index (κ1) is 9.65. The van der Waals surface area contributed by atoms with Gasteiger partial charge in [0.05, 0.1) is 0 Å². The van der Waals surface area contributed by atoms with Crippen molar-refractivity contribution in [3.63, 3.8) is 0 Å². The lowest BCUT2D eigenvalue weighted by Gasteiger charge is -2.25. The van der Waals surface area contributed by atoms with Gasteiger partial charge in [0.1, 0.15) is 6.67 Å². The maximum Gasteiger partial charge on any atom is 0.120 e. The van der Waals surface area contributed by atoms with E-state index in [4.69, 9.17) is 0 Å². The summed E-state index contributed by atoms with van der Waals surface area (Å²) in [6.07, 6.45) is 6.45. The summed E-state index contributed by atoms with van der Waals surface area (Å²) in [4.78, 5) is 4.44. The molecule has 1 heterocycles. The van der Waals surface area contributed by atoms with Crippen molar-refractivity contribution in [2.75, 3.05) is 12.9 Å². The van der Waals surface area contributed by atoms with Crippen LogP contribution in [0.1, 0.15) is 26.7 Å². The van der Waals surface area contributed by atoms with Gasteiger partial charge in [0.25, 0.3) is 0 Å². The Morgan fingerprint density at radius 3 is 2.75 bits per heavy atom. The quantitative estimate of drug-likeness (QED) is 0.627. The molecule has 1 aliphatic rings. The molecule has 1 aliphatic heterocycles. The summed E-state index contributed by atoms with van der Waals surface area (Å²) < 4.78 is 2.24. The third-order valence-electron chi connectivity index (χ3n) is 2.00. The lowest BCUT2D eigenvalue weighted by molar-refractivity contribution is 0.563. The average Bonchev–Trinajstić information content (AvgIpc) is 2.16. The van der Waals surface area contributed by atoms with Crippen molar-refractivity contribution in [1.82, 2.24) is 4.31 Å². The highest BCUT2D eigenvalue weighted by atomic mass is 32.2. The van der Waals surface area contributed by atoms with Crippen LogP contribution < -0.4 is 0 Å². The second kappa shape index (κ2) is 4.55. The van der Waals surface area contributed by atoms with E-state index in [9.17, 15) is 0 Å². The van der Waals surface area contributed by atoms with Gasteiger partial charge in [-0.15, -0.1) is 0 Å². The van der Waals surface area contributed by atoms with E-state index in [1.165, 1.54) is 11.4 Å². The molecule has 2 nitrogen and oxygen atoms in total. The summed E-state index contributed by atoms with van der Waals surface area (Å²) in [7, 11) is 0. The monoisotopic (exact) mass is 184 g/mol. The highest BCUT2D eigenvalue weighted by Crippen LogP contribution is 2.21. The van der Waals surface area contributed by atoms with Gasteiger partial charge in [0, 0.05) is 17.7 Å². The van der Waals surface area contributed by atoms with Gasteiger partial charge in [0.2, 0.25) is 0 Å². The van der Waals surface area contributed by atoms with Crippen molar-refractivity contribution in [1.29, 1.82) is 0 Å². The summed E-state index contributed by atoms with van der Waals surface area (Å²) in [5.41, 5.74) is 2.63. The highest BCUT2D eigenvalue weighted by Gasteiger charge is 2.11. The fraction of sp³-hybridized carbons (Fsp3) is 0.667. The zero-order valence-corrected chi connectivity index (χ0v) is 8.82. The van der Waals surface area contributed by atoms with E-state index >= 15 is 0 Å². The zero-order valence-electron chi connectivity index (χ0n) is 8.00. The van der Waals surface area contributed by atoms with E-state index in [1.54, 1.807) is 11.9 Å². The van der Waals surface area contributed by atoms with Gasteiger partial charge < -0.3 is 0 Å². The van der Waals surface area contributed by atoms with E-state index in [0.717, 1.165) is 19.5 Å². The first-order valence-electron chi connectivity index (χ1n) is 4.37. The largest absolute Gasteiger partial charge is 0.299 e. The molecule has 68 valence electrons. The minimum Gasteiger partial charge on any atom is -0.299 e. The Morgan fingerprint density at radius 1 is 1.50 bits per heavy atom. The normalized spacial score (nSPS) is 17.4. The second-order valence-corrected chi connectivity index (χ2v) is 3.50. The minimum absolute atomic E-state index is 0.823. The molecule has 0 aromatic heterocycles. The van der Waals surface area contributed by atoms with E-state index in [2.05, 4.69) is 35.5 Å². The fourth-order valence-corrected chi connectivity index (χ4v) is 1.81. The lowest BCUT2D eigenvalue weighted by Crippen LogP contribution is -2.20. The van der Waals surface area contributed by atoms with Gasteiger partial charge in [-0.1, -0.05) is 25.8 Å². The topological polar surface area (TPSA) is 15.6 Å². The number of allylic oxidation sites excluding steroid dienone is 2. The van der Waals surface area contributed by atoms with Crippen molar-refractivity contribution >= 4 is 17.7 Å². The van der Waals surface area contributed by atoms with Crippen molar-refractivity contribution < 1.29 is 0 Å². The summed E-state index contributed by atoms with van der Waals surface area (Å²) in [6.45, 7) is 5.16. The standard InChI is InChI=1S/C9H16N2S/c1-4-8-6-9(5-2)11(12-3)7-10-8/h6H,4-5,7H2,1-3H3. The molecule has 0 saturated carbocycles. The van der Waals surface area contributed by atoms with E-state index in [1.807, 2.05) is 0 Å². The van der Waals surface area contributed by atoms with E-state index in [-0.39, 0.29) is 0 Å². The van der Waals surface area contributed by atoms with Crippen molar-refractivity contribution in [2.24, 2.45) is 4.99 Å². The van der Waals surface area contributed by atoms with Crippen LogP contribution in [-0.2, 0) is 0 Å². The fourth-order valence-electron chi connectivity index (χ4n) is 1.22. The highest BCUT2D eigenvalue weighted by molar-refractivity contribution is 7.96. The molecule has 0 radical (unpaired) electrons. The molecule has 1 rings (SSSR count). The maximum absolute atomic E-state index is 4.44. The average molecular weight is 184 g/mol. The molecule has 0 saturated heterocycles. The Labute approximate surface area is 78.9 Å². The first-order valence-corrected chi connectivity index (χ1v) is 5.55. The molecule has 0 unspecified atom stereocenters. The molecule has 0 atom stereocenters. The summed E-state index contributed by atoms with van der Waals surface area (Å²) in [6, 6.07) is 0. The summed E-state index contributed by atoms with van der Waals surface area (Å²) in [5, 5.41) is 0. The third-order valence-corrected chi connectivity index (χ3v) is 2.79. The molecule has 0 fully saturated rings.